The van der Waals surface area contributed by atoms with Crippen LogP contribution in [0.15, 0.2) is 27.5 Å². The lowest BCUT2D eigenvalue weighted by molar-refractivity contribution is 0.388. The number of hydrogen-bond donors (Lipinski definition) is 1. The number of rotatable bonds is 1. The van der Waals surface area contributed by atoms with Gasteiger partial charge in [0.2, 0.25) is 0 Å². The van der Waals surface area contributed by atoms with Crippen molar-refractivity contribution in [2.45, 2.75) is 0 Å². The Morgan fingerprint density at radius 3 is 2.86 bits per heavy atom. The lowest BCUT2D eigenvalue weighted by Gasteiger charge is -1.96. The minimum atomic E-state index is -0.654. The molecule has 0 saturated heterocycles. The third-order valence-electron chi connectivity index (χ3n) is 1.63. The summed E-state index contributed by atoms with van der Waals surface area (Å²) in [6.45, 7) is 0. The average molecular weight is 306 g/mol. The van der Waals surface area contributed by atoms with E-state index in [2.05, 4.69) is 14.7 Å². The van der Waals surface area contributed by atoms with Crippen molar-refractivity contribution in [1.29, 1.82) is 0 Å². The van der Waals surface area contributed by atoms with Crippen LogP contribution in [-0.2, 0) is 0 Å². The molecule has 0 aliphatic heterocycles. The van der Waals surface area contributed by atoms with Gasteiger partial charge in [-0.1, -0.05) is 5.16 Å². The van der Waals surface area contributed by atoms with Gasteiger partial charge in [0.25, 0.3) is 0 Å². The van der Waals surface area contributed by atoms with Gasteiger partial charge in [-0.05, 0) is 40.8 Å². The summed E-state index contributed by atoms with van der Waals surface area (Å²) in [7, 11) is 0. The van der Waals surface area contributed by atoms with Gasteiger partial charge in [0.15, 0.2) is 5.82 Å². The fraction of sp³-hybridized carbons (Fsp3) is 0. The Bertz CT molecular complexity index is 520. The fourth-order valence-corrected chi connectivity index (χ4v) is 1.33. The summed E-state index contributed by atoms with van der Waals surface area (Å²) in [6.07, 6.45) is 0. The third-order valence-corrected chi connectivity index (χ3v) is 2.51. The zero-order valence-electron chi connectivity index (χ0n) is 6.75. The smallest absolute Gasteiger partial charge is 0.296 e. The second-order valence-electron chi connectivity index (χ2n) is 2.57. The Labute approximate surface area is 91.3 Å². The molecular weight excluding hydrogens is 302 g/mol. The highest BCUT2D eigenvalue weighted by atomic mass is 127. The standard InChI is InChI=1S/C8H4FIN2O2/c9-5-3-4(1-2-6(5)10)7-11-8(13)14-12-7/h1-3H,(H,11,12,13). The summed E-state index contributed by atoms with van der Waals surface area (Å²) in [5.41, 5.74) is 0.480. The van der Waals surface area contributed by atoms with Crippen molar-refractivity contribution in [3.8, 4) is 11.4 Å². The van der Waals surface area contributed by atoms with Crippen LogP contribution in [-0.4, -0.2) is 10.1 Å². The van der Waals surface area contributed by atoms with Crippen LogP contribution in [0.5, 0.6) is 0 Å². The maximum absolute atomic E-state index is 13.1. The lowest BCUT2D eigenvalue weighted by Crippen LogP contribution is -1.95. The van der Waals surface area contributed by atoms with Crippen molar-refractivity contribution in [3.63, 3.8) is 0 Å². The van der Waals surface area contributed by atoms with E-state index in [9.17, 15) is 9.18 Å². The summed E-state index contributed by atoms with van der Waals surface area (Å²) in [4.78, 5) is 13.0. The van der Waals surface area contributed by atoms with Gasteiger partial charge < -0.3 is 0 Å². The van der Waals surface area contributed by atoms with Gasteiger partial charge >= 0.3 is 5.76 Å². The molecule has 0 saturated carbocycles. The lowest BCUT2D eigenvalue weighted by atomic mass is 10.2. The van der Waals surface area contributed by atoms with Crippen LogP contribution >= 0.6 is 22.6 Å². The summed E-state index contributed by atoms with van der Waals surface area (Å²) < 4.78 is 17.9. The summed E-state index contributed by atoms with van der Waals surface area (Å²) >= 11 is 1.87. The maximum Gasteiger partial charge on any atom is 0.439 e. The third kappa shape index (κ3) is 1.69. The van der Waals surface area contributed by atoms with Gasteiger partial charge in [-0.25, -0.2) is 9.18 Å². The van der Waals surface area contributed by atoms with Crippen LogP contribution in [0.4, 0.5) is 4.39 Å². The van der Waals surface area contributed by atoms with Crippen molar-refractivity contribution in [1.82, 2.24) is 10.1 Å². The number of halogens is 2. The number of H-pyrrole nitrogens is 1. The normalized spacial score (nSPS) is 10.4. The van der Waals surface area contributed by atoms with Gasteiger partial charge in [-0.3, -0.25) is 9.51 Å². The highest BCUT2D eigenvalue weighted by Crippen LogP contribution is 2.18. The SMILES string of the molecule is O=c1[nH]c(-c2ccc(I)c(F)c2)no1. The molecule has 0 atom stereocenters. The molecule has 2 aromatic rings. The summed E-state index contributed by atoms with van der Waals surface area (Å²) in [5.74, 6) is -0.781. The highest BCUT2D eigenvalue weighted by Gasteiger charge is 2.06. The number of nitrogens with one attached hydrogen (secondary N) is 1. The molecule has 1 N–H and O–H groups in total. The molecule has 6 heteroatoms. The Balaban J connectivity index is 2.52. The largest absolute Gasteiger partial charge is 0.439 e. The van der Waals surface area contributed by atoms with Crippen LogP contribution in [0.1, 0.15) is 0 Å². The van der Waals surface area contributed by atoms with E-state index in [4.69, 9.17) is 0 Å². The van der Waals surface area contributed by atoms with E-state index in [0.717, 1.165) is 0 Å². The molecule has 0 bridgehead atoms. The number of nitrogens with zero attached hydrogens (tertiary/aromatic N) is 1. The minimum Gasteiger partial charge on any atom is -0.296 e. The Morgan fingerprint density at radius 2 is 2.29 bits per heavy atom. The van der Waals surface area contributed by atoms with E-state index in [1.54, 1.807) is 12.1 Å². The molecule has 14 heavy (non-hydrogen) atoms. The molecule has 0 aliphatic carbocycles. The first-order chi connectivity index (χ1) is 6.66. The first-order valence-electron chi connectivity index (χ1n) is 3.68. The van der Waals surface area contributed by atoms with Crippen molar-refractivity contribution < 1.29 is 8.91 Å². The molecule has 0 radical (unpaired) electrons. The van der Waals surface area contributed by atoms with Gasteiger partial charge in [-0.2, -0.15) is 0 Å². The van der Waals surface area contributed by atoms with E-state index >= 15 is 0 Å². The molecule has 0 amide bonds. The van der Waals surface area contributed by atoms with E-state index in [1.165, 1.54) is 6.07 Å². The average Bonchev–Trinajstić information content (AvgIpc) is 2.57. The van der Waals surface area contributed by atoms with Crippen LogP contribution < -0.4 is 5.76 Å². The van der Waals surface area contributed by atoms with Gasteiger partial charge in [0, 0.05) is 9.13 Å². The van der Waals surface area contributed by atoms with Crippen LogP contribution in [0.3, 0.4) is 0 Å². The number of hydrogen-bond acceptors (Lipinski definition) is 3. The van der Waals surface area contributed by atoms with E-state index in [0.29, 0.717) is 9.13 Å². The molecule has 1 heterocycles. The highest BCUT2D eigenvalue weighted by molar-refractivity contribution is 14.1. The van der Waals surface area contributed by atoms with Crippen LogP contribution in [0, 0.1) is 9.39 Å². The molecule has 0 unspecified atom stereocenters. The number of aromatic amines is 1. The number of aromatic nitrogens is 2. The molecule has 0 spiro atoms. The second-order valence-corrected chi connectivity index (χ2v) is 3.73. The van der Waals surface area contributed by atoms with E-state index in [-0.39, 0.29) is 11.6 Å². The molecule has 72 valence electrons. The Morgan fingerprint density at radius 1 is 1.50 bits per heavy atom. The van der Waals surface area contributed by atoms with Gasteiger partial charge in [0.05, 0.1) is 0 Å². The van der Waals surface area contributed by atoms with Crippen LogP contribution in [0.25, 0.3) is 11.4 Å². The summed E-state index contributed by atoms with van der Waals surface area (Å²) in [5, 5.41) is 3.44. The first-order valence-corrected chi connectivity index (χ1v) is 4.76. The zero-order chi connectivity index (χ0) is 10.1. The van der Waals surface area contributed by atoms with Crippen molar-refractivity contribution >= 4 is 22.6 Å². The molecule has 1 aromatic heterocycles. The molecule has 1 aromatic carbocycles. The minimum absolute atomic E-state index is 0.227. The number of benzene rings is 1. The molecule has 2 rings (SSSR count). The zero-order valence-corrected chi connectivity index (χ0v) is 8.91. The predicted molar refractivity (Wildman–Crippen MR) is 55.2 cm³/mol. The molecule has 4 nitrogen and oxygen atoms in total. The Kier molecular flexibility index (Phi) is 2.36. The van der Waals surface area contributed by atoms with Crippen LogP contribution in [0.2, 0.25) is 0 Å². The molecule has 0 aliphatic rings. The first kappa shape index (κ1) is 9.38. The van der Waals surface area contributed by atoms with Crippen molar-refractivity contribution in [2.75, 3.05) is 0 Å². The summed E-state index contributed by atoms with van der Waals surface area (Å²) in [6, 6.07) is 4.53. The monoisotopic (exact) mass is 306 g/mol. The van der Waals surface area contributed by atoms with Gasteiger partial charge in [0.1, 0.15) is 5.82 Å². The second kappa shape index (κ2) is 3.52. The fourth-order valence-electron chi connectivity index (χ4n) is 0.998. The maximum atomic E-state index is 13.1. The molecule has 0 fully saturated rings. The van der Waals surface area contributed by atoms with E-state index < -0.39 is 5.76 Å². The van der Waals surface area contributed by atoms with Crippen molar-refractivity contribution in [2.24, 2.45) is 0 Å². The molecular formula is C8H4FIN2O2. The topological polar surface area (TPSA) is 58.9 Å². The predicted octanol–water partition coefficient (Wildman–Crippen LogP) is 1.77. The van der Waals surface area contributed by atoms with Gasteiger partial charge in [-0.15, -0.1) is 0 Å². The Hall–Kier alpha value is -1.18. The van der Waals surface area contributed by atoms with Crippen molar-refractivity contribution in [3.05, 3.63) is 38.1 Å². The van der Waals surface area contributed by atoms with E-state index in [1.807, 2.05) is 22.6 Å². The quantitative estimate of drug-likeness (QED) is 0.817.